The number of amides is 1. The van der Waals surface area contributed by atoms with E-state index in [2.05, 4.69) is 10.3 Å². The van der Waals surface area contributed by atoms with Crippen molar-refractivity contribution < 1.29 is 35.5 Å². The number of sulfonamides is 1. The molecule has 1 fully saturated rings. The maximum absolute atomic E-state index is 14.1. The normalized spacial score (nSPS) is 16.6. The highest BCUT2D eigenvalue weighted by atomic mass is 32.2. The van der Waals surface area contributed by atoms with Crippen LogP contribution in [0.1, 0.15) is 23.2 Å². The van der Waals surface area contributed by atoms with E-state index in [1.165, 1.54) is 31.4 Å². The largest absolute Gasteiger partial charge is 0.433 e. The van der Waals surface area contributed by atoms with Crippen LogP contribution in [-0.2, 0) is 32.3 Å². The molecule has 1 aliphatic rings. The van der Waals surface area contributed by atoms with Gasteiger partial charge in [0.1, 0.15) is 17.3 Å². The molecular formula is C22H24F4N4O4S. The van der Waals surface area contributed by atoms with Gasteiger partial charge in [0.25, 0.3) is 0 Å². The number of anilines is 2. The molecule has 190 valence electrons. The molecule has 1 aromatic heterocycles. The summed E-state index contributed by atoms with van der Waals surface area (Å²) in [7, 11) is -2.12. The first kappa shape index (κ1) is 26.4. The molecule has 0 radical (unpaired) electrons. The number of ether oxygens (including phenoxy) is 1. The Kier molecular flexibility index (Phi) is 8.00. The number of rotatable bonds is 8. The van der Waals surface area contributed by atoms with E-state index in [1.807, 2.05) is 4.72 Å². The number of methoxy groups -OCH3 is 1. The van der Waals surface area contributed by atoms with Crippen LogP contribution in [0.4, 0.5) is 29.1 Å². The van der Waals surface area contributed by atoms with Crippen molar-refractivity contribution in [2.75, 3.05) is 36.1 Å². The Balaban J connectivity index is 1.71. The molecule has 2 N–H and O–H groups in total. The minimum absolute atomic E-state index is 0.0565. The second-order valence-electron chi connectivity index (χ2n) is 7.94. The van der Waals surface area contributed by atoms with Gasteiger partial charge in [0.2, 0.25) is 15.9 Å². The summed E-state index contributed by atoms with van der Waals surface area (Å²) in [4.78, 5) is 17.7. The quantitative estimate of drug-likeness (QED) is 0.413. The molecule has 0 saturated carbocycles. The van der Waals surface area contributed by atoms with Crippen molar-refractivity contribution in [2.24, 2.45) is 0 Å². The number of benzene rings is 1. The third-order valence-corrected chi connectivity index (χ3v) is 5.77. The van der Waals surface area contributed by atoms with Crippen molar-refractivity contribution >= 4 is 33.5 Å². The average molecular weight is 517 g/mol. The van der Waals surface area contributed by atoms with E-state index in [1.54, 1.807) is 4.90 Å². The van der Waals surface area contributed by atoms with E-state index < -0.39 is 33.6 Å². The van der Waals surface area contributed by atoms with Crippen LogP contribution < -0.4 is 14.9 Å². The highest BCUT2D eigenvalue weighted by Gasteiger charge is 2.34. The zero-order valence-electron chi connectivity index (χ0n) is 18.9. The number of nitrogens with one attached hydrogen (secondary N) is 2. The summed E-state index contributed by atoms with van der Waals surface area (Å²) >= 11 is 0. The van der Waals surface area contributed by atoms with Crippen molar-refractivity contribution in [2.45, 2.75) is 25.2 Å². The molecule has 2 aromatic rings. The molecule has 1 aromatic carbocycles. The third-order valence-electron chi connectivity index (χ3n) is 5.18. The zero-order valence-corrected chi connectivity index (χ0v) is 19.7. The minimum Gasteiger partial charge on any atom is -0.380 e. The van der Waals surface area contributed by atoms with Crippen LogP contribution in [0.25, 0.3) is 6.08 Å². The van der Waals surface area contributed by atoms with Crippen LogP contribution >= 0.6 is 0 Å². The molecule has 13 heteroatoms. The van der Waals surface area contributed by atoms with E-state index in [-0.39, 0.29) is 24.2 Å². The zero-order chi connectivity index (χ0) is 25.8. The van der Waals surface area contributed by atoms with E-state index in [9.17, 15) is 30.8 Å². The molecule has 3 rings (SSSR count). The number of alkyl halides is 3. The lowest BCUT2D eigenvalue weighted by Gasteiger charge is -2.21. The molecule has 1 unspecified atom stereocenters. The first-order valence-corrected chi connectivity index (χ1v) is 12.3. The first-order valence-electron chi connectivity index (χ1n) is 10.4. The van der Waals surface area contributed by atoms with E-state index in [0.29, 0.717) is 30.6 Å². The Morgan fingerprint density at radius 3 is 2.63 bits per heavy atom. The lowest BCUT2D eigenvalue weighted by molar-refractivity contribution is -0.141. The molecular weight excluding hydrogens is 492 g/mol. The molecule has 1 aliphatic heterocycles. The fourth-order valence-electron chi connectivity index (χ4n) is 3.48. The molecule has 1 saturated heterocycles. The van der Waals surface area contributed by atoms with Gasteiger partial charge in [-0.25, -0.2) is 17.8 Å². The number of hydrogen-bond donors (Lipinski definition) is 2. The molecule has 35 heavy (non-hydrogen) atoms. The highest BCUT2D eigenvalue weighted by molar-refractivity contribution is 7.92. The summed E-state index contributed by atoms with van der Waals surface area (Å²) in [5, 5.41) is 2.54. The maximum atomic E-state index is 14.1. The van der Waals surface area contributed by atoms with Crippen LogP contribution in [-0.4, -0.2) is 51.9 Å². The van der Waals surface area contributed by atoms with Crippen molar-refractivity contribution in [3.8, 4) is 0 Å². The van der Waals surface area contributed by atoms with Gasteiger partial charge in [-0.1, -0.05) is 6.07 Å². The predicted octanol–water partition coefficient (Wildman–Crippen LogP) is 3.17. The topological polar surface area (TPSA) is 101 Å². The Bertz CT molecular complexity index is 1220. The van der Waals surface area contributed by atoms with Gasteiger partial charge < -0.3 is 15.0 Å². The van der Waals surface area contributed by atoms with Crippen LogP contribution in [0.15, 0.2) is 36.4 Å². The molecule has 1 amide bonds. The van der Waals surface area contributed by atoms with E-state index in [0.717, 1.165) is 24.5 Å². The predicted molar refractivity (Wildman–Crippen MR) is 123 cm³/mol. The van der Waals surface area contributed by atoms with Crippen molar-refractivity contribution in [3.05, 3.63) is 59.0 Å². The Hall–Kier alpha value is -3.19. The first-order chi connectivity index (χ1) is 16.4. The summed E-state index contributed by atoms with van der Waals surface area (Å²) in [6.07, 6.45) is -0.718. The highest BCUT2D eigenvalue weighted by Crippen LogP contribution is 2.32. The van der Waals surface area contributed by atoms with Gasteiger partial charge in [-0.3, -0.25) is 9.52 Å². The van der Waals surface area contributed by atoms with Crippen LogP contribution in [0.2, 0.25) is 0 Å². The Morgan fingerprint density at radius 1 is 1.29 bits per heavy atom. The van der Waals surface area contributed by atoms with Gasteiger partial charge >= 0.3 is 6.18 Å². The third kappa shape index (κ3) is 7.39. The molecule has 1 atom stereocenters. The Morgan fingerprint density at radius 2 is 2.03 bits per heavy atom. The molecule has 0 aliphatic carbocycles. The van der Waals surface area contributed by atoms with Gasteiger partial charge in [0.05, 0.1) is 18.0 Å². The van der Waals surface area contributed by atoms with Gasteiger partial charge in [-0.2, -0.15) is 13.2 Å². The number of halogens is 4. The standard InChI is InChI=1S/C22H24F4N4O4S/c1-34-16-9-10-30(13-16)21-15(4-7-19(28-21)22(24,25)26)5-8-20(31)27-12-14-3-6-18(17(23)11-14)29-35(2,32)33/h3-8,11,16,29H,9-10,12-13H2,1-2H3,(H,27,31)/b8-5-. The molecule has 0 bridgehead atoms. The summed E-state index contributed by atoms with van der Waals surface area (Å²) in [6, 6.07) is 5.85. The summed E-state index contributed by atoms with van der Waals surface area (Å²) in [5.41, 5.74) is -0.553. The number of nitrogens with zero attached hydrogens (tertiary/aromatic N) is 2. The minimum atomic E-state index is -4.61. The number of pyridine rings is 1. The number of hydrogen-bond acceptors (Lipinski definition) is 6. The smallest absolute Gasteiger partial charge is 0.380 e. The summed E-state index contributed by atoms with van der Waals surface area (Å²) in [6.45, 7) is 0.766. The monoisotopic (exact) mass is 516 g/mol. The van der Waals surface area contributed by atoms with Crippen LogP contribution in [0, 0.1) is 5.82 Å². The fourth-order valence-corrected chi connectivity index (χ4v) is 4.04. The van der Waals surface area contributed by atoms with Crippen molar-refractivity contribution in [1.29, 1.82) is 0 Å². The van der Waals surface area contributed by atoms with E-state index >= 15 is 0 Å². The lowest BCUT2D eigenvalue weighted by Crippen LogP contribution is -2.25. The van der Waals surface area contributed by atoms with Gasteiger partial charge in [0.15, 0.2) is 0 Å². The second kappa shape index (κ2) is 10.6. The number of carbonyl (C=O) groups is 1. The second-order valence-corrected chi connectivity index (χ2v) is 9.69. The maximum Gasteiger partial charge on any atom is 0.433 e. The van der Waals surface area contributed by atoms with Crippen LogP contribution in [0.5, 0.6) is 0 Å². The molecule has 2 heterocycles. The number of aromatic nitrogens is 1. The van der Waals surface area contributed by atoms with Gasteiger partial charge in [-0.15, -0.1) is 0 Å². The molecule has 8 nitrogen and oxygen atoms in total. The SMILES string of the molecule is COC1CCN(c2nc(C(F)(F)F)ccc2/C=C\C(=O)NCc2ccc(NS(C)(=O)=O)c(F)c2)C1. The number of carbonyl (C=O) groups excluding carboxylic acids is 1. The van der Waals surface area contributed by atoms with Crippen molar-refractivity contribution in [1.82, 2.24) is 10.3 Å². The van der Waals surface area contributed by atoms with E-state index in [4.69, 9.17) is 4.74 Å². The van der Waals surface area contributed by atoms with Crippen LogP contribution in [0.3, 0.4) is 0 Å². The summed E-state index contributed by atoms with van der Waals surface area (Å²) in [5.74, 6) is -1.27. The van der Waals surface area contributed by atoms with Gasteiger partial charge in [0, 0.05) is 38.4 Å². The molecule has 0 spiro atoms. The fraction of sp³-hybridized carbons (Fsp3) is 0.364. The van der Waals surface area contributed by atoms with Crippen molar-refractivity contribution in [3.63, 3.8) is 0 Å². The van der Waals surface area contributed by atoms with Gasteiger partial charge in [-0.05, 0) is 42.3 Å². The average Bonchev–Trinajstić information content (AvgIpc) is 3.25. The lowest BCUT2D eigenvalue weighted by atomic mass is 10.2. The summed E-state index contributed by atoms with van der Waals surface area (Å²) < 4.78 is 83.4. The Labute approximate surface area is 200 Å².